The molecule has 2 amide bonds. The van der Waals surface area contributed by atoms with Crippen LogP contribution in [0.1, 0.15) is 48.5 Å². The number of rotatable bonds is 9. The Balaban J connectivity index is 1.80. The number of nitrogens with one attached hydrogen (secondary N) is 3. The summed E-state index contributed by atoms with van der Waals surface area (Å²) in [5, 5.41) is 2.56. The molecule has 154 valence electrons. The second kappa shape index (κ2) is 12.5. The van der Waals surface area contributed by atoms with E-state index in [0.29, 0.717) is 17.9 Å². The molecule has 0 unspecified atom stereocenters. The van der Waals surface area contributed by atoms with Gasteiger partial charge in [0.15, 0.2) is 5.11 Å². The van der Waals surface area contributed by atoms with Crippen molar-refractivity contribution in [3.8, 4) is 5.75 Å². The Morgan fingerprint density at radius 1 is 0.931 bits per heavy atom. The average Bonchev–Trinajstić information content (AvgIpc) is 2.73. The zero-order chi connectivity index (χ0) is 20.9. The van der Waals surface area contributed by atoms with E-state index in [-0.39, 0.29) is 17.4 Å². The Morgan fingerprint density at radius 2 is 1.66 bits per heavy atom. The molecule has 0 fully saturated rings. The first-order valence-electron chi connectivity index (χ1n) is 9.76. The highest BCUT2D eigenvalue weighted by atomic mass is 32.1. The van der Waals surface area contributed by atoms with E-state index < -0.39 is 5.91 Å². The zero-order valence-corrected chi connectivity index (χ0v) is 17.4. The van der Waals surface area contributed by atoms with Crippen molar-refractivity contribution in [2.24, 2.45) is 0 Å². The van der Waals surface area contributed by atoms with Crippen molar-refractivity contribution >= 4 is 29.1 Å². The van der Waals surface area contributed by atoms with Crippen LogP contribution in [0.15, 0.2) is 54.6 Å². The SMILES string of the molecule is CCCCCCOc1ccccc1C(=O)NC(=S)NNC(=O)Cc1ccccc1. The molecule has 0 radical (unpaired) electrons. The first kappa shape index (κ1) is 22.4. The van der Waals surface area contributed by atoms with Crippen molar-refractivity contribution in [1.82, 2.24) is 16.2 Å². The Hall–Kier alpha value is -2.93. The van der Waals surface area contributed by atoms with Gasteiger partial charge in [-0.15, -0.1) is 0 Å². The summed E-state index contributed by atoms with van der Waals surface area (Å²) >= 11 is 5.09. The normalized spacial score (nSPS) is 10.1. The van der Waals surface area contributed by atoms with Crippen LogP contribution in [0, 0.1) is 0 Å². The highest BCUT2D eigenvalue weighted by molar-refractivity contribution is 7.80. The lowest BCUT2D eigenvalue weighted by Gasteiger charge is -2.13. The van der Waals surface area contributed by atoms with E-state index in [4.69, 9.17) is 17.0 Å². The molecule has 0 atom stereocenters. The summed E-state index contributed by atoms with van der Waals surface area (Å²) in [5.74, 6) is -0.148. The van der Waals surface area contributed by atoms with Gasteiger partial charge in [-0.05, 0) is 36.3 Å². The lowest BCUT2D eigenvalue weighted by molar-refractivity contribution is -0.121. The molecule has 3 N–H and O–H groups in total. The number of hydrogen-bond donors (Lipinski definition) is 3. The molecular formula is C22H27N3O3S. The molecule has 0 saturated carbocycles. The maximum atomic E-state index is 12.5. The van der Waals surface area contributed by atoms with Gasteiger partial charge in [0.2, 0.25) is 5.91 Å². The third kappa shape index (κ3) is 8.31. The molecule has 2 aromatic rings. The van der Waals surface area contributed by atoms with Gasteiger partial charge in [-0.3, -0.25) is 25.8 Å². The molecule has 0 aromatic heterocycles. The predicted octanol–water partition coefficient (Wildman–Crippen LogP) is 3.52. The molecule has 0 bridgehead atoms. The van der Waals surface area contributed by atoms with Crippen LogP contribution >= 0.6 is 12.2 Å². The first-order chi connectivity index (χ1) is 14.1. The van der Waals surface area contributed by atoms with E-state index in [1.165, 1.54) is 6.42 Å². The van der Waals surface area contributed by atoms with Crippen LogP contribution in [0.3, 0.4) is 0 Å². The number of amides is 2. The molecule has 0 heterocycles. The fourth-order valence-electron chi connectivity index (χ4n) is 2.64. The lowest BCUT2D eigenvalue weighted by Crippen LogP contribution is -2.48. The standard InChI is InChI=1S/C22H27N3O3S/c1-2-3-4-10-15-28-19-14-9-8-13-18(19)21(27)23-22(29)25-24-20(26)16-17-11-6-5-7-12-17/h5-9,11-14H,2-4,10,15-16H2,1H3,(H,24,26)(H2,23,25,27,29). The van der Waals surface area contributed by atoms with Crippen LogP contribution in [-0.4, -0.2) is 23.5 Å². The smallest absolute Gasteiger partial charge is 0.261 e. The van der Waals surface area contributed by atoms with Gasteiger partial charge in [-0.25, -0.2) is 0 Å². The van der Waals surface area contributed by atoms with Gasteiger partial charge in [0, 0.05) is 0 Å². The number of carbonyl (C=O) groups excluding carboxylic acids is 2. The maximum Gasteiger partial charge on any atom is 0.261 e. The minimum Gasteiger partial charge on any atom is -0.493 e. The molecule has 0 aliphatic rings. The maximum absolute atomic E-state index is 12.5. The second-order valence-corrected chi connectivity index (χ2v) is 6.93. The van der Waals surface area contributed by atoms with Crippen molar-refractivity contribution in [3.05, 3.63) is 65.7 Å². The van der Waals surface area contributed by atoms with Gasteiger partial charge in [-0.1, -0.05) is 68.7 Å². The molecule has 6 nitrogen and oxygen atoms in total. The Morgan fingerprint density at radius 3 is 2.41 bits per heavy atom. The third-order valence-electron chi connectivity index (χ3n) is 4.14. The fourth-order valence-corrected chi connectivity index (χ4v) is 2.79. The molecule has 2 rings (SSSR count). The van der Waals surface area contributed by atoms with Crippen LogP contribution in [-0.2, 0) is 11.2 Å². The van der Waals surface area contributed by atoms with Crippen LogP contribution in [0.25, 0.3) is 0 Å². The number of unbranched alkanes of at least 4 members (excludes halogenated alkanes) is 3. The molecule has 0 saturated heterocycles. The summed E-state index contributed by atoms with van der Waals surface area (Å²) < 4.78 is 5.76. The third-order valence-corrected chi connectivity index (χ3v) is 4.34. The number of ether oxygens (including phenoxy) is 1. The quantitative estimate of drug-likeness (QED) is 0.333. The van der Waals surface area contributed by atoms with Crippen molar-refractivity contribution in [3.63, 3.8) is 0 Å². The van der Waals surface area contributed by atoms with E-state index in [1.807, 2.05) is 36.4 Å². The van der Waals surface area contributed by atoms with Crippen LogP contribution in [0.4, 0.5) is 0 Å². The van der Waals surface area contributed by atoms with Crippen molar-refractivity contribution in [1.29, 1.82) is 0 Å². The topological polar surface area (TPSA) is 79.5 Å². The number of hydrazine groups is 1. The summed E-state index contributed by atoms with van der Waals surface area (Å²) in [6, 6.07) is 16.3. The summed E-state index contributed by atoms with van der Waals surface area (Å²) in [6.45, 7) is 2.71. The number of thiocarbonyl (C=S) groups is 1. The molecular weight excluding hydrogens is 386 g/mol. The van der Waals surface area contributed by atoms with Gasteiger partial charge < -0.3 is 4.74 Å². The van der Waals surface area contributed by atoms with E-state index in [2.05, 4.69) is 23.1 Å². The molecule has 2 aromatic carbocycles. The van der Waals surface area contributed by atoms with Crippen molar-refractivity contribution < 1.29 is 14.3 Å². The highest BCUT2D eigenvalue weighted by Gasteiger charge is 2.14. The monoisotopic (exact) mass is 413 g/mol. The zero-order valence-electron chi connectivity index (χ0n) is 16.6. The van der Waals surface area contributed by atoms with E-state index in [9.17, 15) is 9.59 Å². The number of benzene rings is 2. The molecule has 29 heavy (non-hydrogen) atoms. The lowest BCUT2D eigenvalue weighted by atomic mass is 10.1. The van der Waals surface area contributed by atoms with Crippen molar-refractivity contribution in [2.75, 3.05) is 6.61 Å². The molecule has 0 spiro atoms. The van der Waals surface area contributed by atoms with Gasteiger partial charge in [0.05, 0.1) is 18.6 Å². The summed E-state index contributed by atoms with van der Waals surface area (Å²) in [7, 11) is 0. The summed E-state index contributed by atoms with van der Waals surface area (Å²) in [4.78, 5) is 24.5. The van der Waals surface area contributed by atoms with Gasteiger partial charge in [-0.2, -0.15) is 0 Å². The Bertz CT molecular complexity index is 812. The predicted molar refractivity (Wildman–Crippen MR) is 118 cm³/mol. The summed E-state index contributed by atoms with van der Waals surface area (Å²) in [6.07, 6.45) is 4.57. The second-order valence-electron chi connectivity index (χ2n) is 6.52. The van der Waals surface area contributed by atoms with Crippen LogP contribution < -0.4 is 20.9 Å². The Kier molecular flexibility index (Phi) is 9.65. The van der Waals surface area contributed by atoms with Gasteiger partial charge >= 0.3 is 0 Å². The average molecular weight is 414 g/mol. The minimum absolute atomic E-state index is 0.00848. The first-order valence-corrected chi connectivity index (χ1v) is 10.2. The molecule has 0 aliphatic heterocycles. The Labute approximate surface area is 177 Å². The minimum atomic E-state index is -0.399. The highest BCUT2D eigenvalue weighted by Crippen LogP contribution is 2.18. The van der Waals surface area contributed by atoms with E-state index in [0.717, 1.165) is 24.8 Å². The van der Waals surface area contributed by atoms with Gasteiger partial charge in [0.25, 0.3) is 5.91 Å². The molecule has 0 aliphatic carbocycles. The largest absolute Gasteiger partial charge is 0.493 e. The van der Waals surface area contributed by atoms with Crippen molar-refractivity contribution in [2.45, 2.75) is 39.0 Å². The van der Waals surface area contributed by atoms with Crippen LogP contribution in [0.2, 0.25) is 0 Å². The van der Waals surface area contributed by atoms with E-state index >= 15 is 0 Å². The molecule has 7 heteroatoms. The van der Waals surface area contributed by atoms with Gasteiger partial charge in [0.1, 0.15) is 5.75 Å². The van der Waals surface area contributed by atoms with E-state index in [1.54, 1.807) is 18.2 Å². The number of para-hydroxylation sites is 1. The van der Waals surface area contributed by atoms with Crippen LogP contribution in [0.5, 0.6) is 5.75 Å². The summed E-state index contributed by atoms with van der Waals surface area (Å²) in [5.41, 5.74) is 6.30. The number of carbonyl (C=O) groups is 2. The fraction of sp³-hybridized carbons (Fsp3) is 0.318. The number of hydrogen-bond acceptors (Lipinski definition) is 4.